The van der Waals surface area contributed by atoms with Crippen LogP contribution in [0.1, 0.15) is 44.9 Å². The Kier molecular flexibility index (Phi) is 8.22. The largest absolute Gasteiger partial charge is 0.497 e. The summed E-state index contributed by atoms with van der Waals surface area (Å²) in [7, 11) is 1.41. The summed E-state index contributed by atoms with van der Waals surface area (Å²) in [5.74, 6) is -3.77. The number of Topliss-reactive ketones (excluding diaryl/α,β-unsaturated/α-hetero) is 1. The van der Waals surface area contributed by atoms with Crippen molar-refractivity contribution in [3.8, 4) is 11.5 Å². The number of carbonyl (C=O) groups excluding carboxylic acids is 5. The van der Waals surface area contributed by atoms with E-state index in [1.165, 1.54) is 24.1 Å². The number of nitrogens with zero attached hydrogens (tertiary/aromatic N) is 1. The first-order valence-electron chi connectivity index (χ1n) is 13.9. The highest BCUT2D eigenvalue weighted by Gasteiger charge is 2.50. The molecule has 1 aromatic carbocycles. The van der Waals surface area contributed by atoms with Crippen LogP contribution < -0.4 is 25.4 Å². The Morgan fingerprint density at radius 2 is 1.95 bits per heavy atom. The molecule has 2 aliphatic heterocycles. The van der Waals surface area contributed by atoms with E-state index in [0.717, 1.165) is 38.2 Å². The summed E-state index contributed by atoms with van der Waals surface area (Å²) in [4.78, 5) is 66.4. The zero-order valence-electron chi connectivity index (χ0n) is 22.5. The van der Waals surface area contributed by atoms with Crippen LogP contribution in [0, 0.1) is 23.6 Å². The summed E-state index contributed by atoms with van der Waals surface area (Å²) in [5.41, 5.74) is 0. The van der Waals surface area contributed by atoms with Crippen molar-refractivity contribution in [3.63, 3.8) is 0 Å². The number of methoxy groups -OCH3 is 1. The Bertz CT molecular complexity index is 1190. The first-order valence-corrected chi connectivity index (χ1v) is 13.9. The van der Waals surface area contributed by atoms with E-state index < -0.39 is 53.9 Å². The predicted molar refractivity (Wildman–Crippen MR) is 139 cm³/mol. The van der Waals surface area contributed by atoms with Crippen molar-refractivity contribution in [1.29, 1.82) is 0 Å². The van der Waals surface area contributed by atoms with Crippen molar-refractivity contribution < 1.29 is 37.8 Å². The first kappa shape index (κ1) is 27.9. The van der Waals surface area contributed by atoms with Gasteiger partial charge in [0.05, 0.1) is 13.2 Å². The SMILES string of the molecule is COc1ccc(OCC(=O)N2C[C@@H]3CCC[C@@H]3[C@H]2C(=O)N[C@@H](C[C@@H]2CCNC2=O)C(=O)C(=O)NC2CC2)c(F)c1. The van der Waals surface area contributed by atoms with Gasteiger partial charge in [0.1, 0.15) is 11.8 Å². The smallest absolute Gasteiger partial charge is 0.289 e. The molecule has 2 aliphatic carbocycles. The molecule has 5 atom stereocenters. The minimum atomic E-state index is -1.19. The summed E-state index contributed by atoms with van der Waals surface area (Å²) >= 11 is 0. The number of ketones is 1. The van der Waals surface area contributed by atoms with Crippen molar-refractivity contribution in [1.82, 2.24) is 20.9 Å². The lowest BCUT2D eigenvalue weighted by Gasteiger charge is -2.29. The van der Waals surface area contributed by atoms with Crippen molar-refractivity contribution in [2.45, 2.75) is 63.1 Å². The molecule has 2 saturated heterocycles. The Hall–Kier alpha value is -3.70. The van der Waals surface area contributed by atoms with Gasteiger partial charge >= 0.3 is 0 Å². The Morgan fingerprint density at radius 1 is 1.15 bits per heavy atom. The molecule has 5 rings (SSSR count). The molecular formula is C28H35FN4O7. The van der Waals surface area contributed by atoms with Crippen LogP contribution in [0.5, 0.6) is 11.5 Å². The summed E-state index contributed by atoms with van der Waals surface area (Å²) in [5, 5.41) is 8.12. The second-order valence-electron chi connectivity index (χ2n) is 11.1. The van der Waals surface area contributed by atoms with Crippen LogP contribution in [0.4, 0.5) is 4.39 Å². The number of carbonyl (C=O) groups is 5. The summed E-state index contributed by atoms with van der Waals surface area (Å²) in [6.45, 7) is 0.346. The van der Waals surface area contributed by atoms with Gasteiger partial charge in [-0.3, -0.25) is 24.0 Å². The average molecular weight is 559 g/mol. The van der Waals surface area contributed by atoms with Gasteiger partial charge in [-0.2, -0.15) is 0 Å². The fourth-order valence-electron chi connectivity index (χ4n) is 6.13. The zero-order chi connectivity index (χ0) is 28.4. The third kappa shape index (κ3) is 6.05. The van der Waals surface area contributed by atoms with Gasteiger partial charge in [-0.15, -0.1) is 0 Å². The highest BCUT2D eigenvalue weighted by molar-refractivity contribution is 6.38. The summed E-state index contributed by atoms with van der Waals surface area (Å²) in [6.07, 6.45) is 4.62. The van der Waals surface area contributed by atoms with Gasteiger partial charge in [-0.25, -0.2) is 4.39 Å². The maximum atomic E-state index is 14.3. The average Bonchev–Trinajstić information content (AvgIpc) is 3.29. The molecule has 0 spiro atoms. The molecule has 4 aliphatic rings. The van der Waals surface area contributed by atoms with Crippen LogP contribution in [0.25, 0.3) is 0 Å². The zero-order valence-corrected chi connectivity index (χ0v) is 22.5. The quantitative estimate of drug-likeness (QED) is 0.339. The number of rotatable bonds is 11. The van der Waals surface area contributed by atoms with Crippen molar-refractivity contribution in [3.05, 3.63) is 24.0 Å². The highest BCUT2D eigenvalue weighted by atomic mass is 19.1. The number of hydrogen-bond donors (Lipinski definition) is 3. The van der Waals surface area contributed by atoms with E-state index in [-0.39, 0.29) is 36.0 Å². The summed E-state index contributed by atoms with van der Waals surface area (Å²) < 4.78 is 24.8. The molecular weight excluding hydrogens is 523 g/mol. The molecule has 0 unspecified atom stereocenters. The van der Waals surface area contributed by atoms with E-state index in [9.17, 15) is 28.4 Å². The monoisotopic (exact) mass is 558 g/mol. The van der Waals surface area contributed by atoms with E-state index in [1.807, 2.05) is 0 Å². The van der Waals surface area contributed by atoms with Crippen LogP contribution in [-0.2, 0) is 24.0 Å². The lowest BCUT2D eigenvalue weighted by atomic mass is 9.91. The van der Waals surface area contributed by atoms with Gasteiger partial charge in [-0.1, -0.05) is 6.42 Å². The molecule has 1 aromatic rings. The maximum absolute atomic E-state index is 14.3. The lowest BCUT2D eigenvalue weighted by molar-refractivity contribution is -0.144. The van der Waals surface area contributed by atoms with E-state index in [0.29, 0.717) is 25.3 Å². The number of halogens is 1. The minimum absolute atomic E-state index is 0.00309. The molecule has 216 valence electrons. The van der Waals surface area contributed by atoms with Crippen LogP contribution in [-0.4, -0.2) is 79.2 Å². The third-order valence-corrected chi connectivity index (χ3v) is 8.42. The third-order valence-electron chi connectivity index (χ3n) is 8.42. The van der Waals surface area contributed by atoms with Gasteiger partial charge in [0.15, 0.2) is 18.2 Å². The minimum Gasteiger partial charge on any atom is -0.497 e. The second kappa shape index (κ2) is 11.8. The van der Waals surface area contributed by atoms with Gasteiger partial charge in [0, 0.05) is 31.1 Å². The van der Waals surface area contributed by atoms with Crippen LogP contribution in [0.15, 0.2) is 18.2 Å². The fourth-order valence-corrected chi connectivity index (χ4v) is 6.13. The fraction of sp³-hybridized carbons (Fsp3) is 0.607. The highest BCUT2D eigenvalue weighted by Crippen LogP contribution is 2.42. The molecule has 4 amide bonds. The lowest BCUT2D eigenvalue weighted by Crippen LogP contribution is -2.55. The standard InChI is InChI=1S/C28H35FN4O7/c1-39-18-7-8-22(20(29)12-18)40-14-23(34)33-13-16-3-2-4-19(16)24(33)27(37)32-21(11-15-9-10-30-26(15)36)25(35)28(38)31-17-5-6-17/h7-8,12,15-17,19,21,24H,2-6,9-11,13-14H2,1H3,(H,30,36)(H,31,38)(H,32,37)/t15-,16-,19-,21-,24-/m0/s1. The van der Waals surface area contributed by atoms with Gasteiger partial charge in [0.25, 0.3) is 11.8 Å². The topological polar surface area (TPSA) is 143 Å². The number of nitrogens with one attached hydrogen (secondary N) is 3. The van der Waals surface area contributed by atoms with Crippen molar-refractivity contribution in [2.24, 2.45) is 17.8 Å². The number of benzene rings is 1. The van der Waals surface area contributed by atoms with E-state index in [4.69, 9.17) is 9.47 Å². The van der Waals surface area contributed by atoms with E-state index >= 15 is 0 Å². The van der Waals surface area contributed by atoms with Crippen LogP contribution >= 0.6 is 0 Å². The molecule has 0 radical (unpaired) electrons. The number of ether oxygens (including phenoxy) is 2. The van der Waals surface area contributed by atoms with Crippen LogP contribution in [0.2, 0.25) is 0 Å². The molecule has 3 N–H and O–H groups in total. The van der Waals surface area contributed by atoms with Crippen molar-refractivity contribution >= 4 is 29.4 Å². The molecule has 2 saturated carbocycles. The molecule has 0 aromatic heterocycles. The maximum Gasteiger partial charge on any atom is 0.289 e. The Morgan fingerprint density at radius 3 is 2.62 bits per heavy atom. The molecule has 4 fully saturated rings. The number of likely N-dealkylation sites (tertiary alicyclic amines) is 1. The Labute approximate surface area is 231 Å². The normalized spacial score (nSPS) is 26.1. The van der Waals surface area contributed by atoms with Crippen LogP contribution in [0.3, 0.4) is 0 Å². The molecule has 0 bridgehead atoms. The molecule has 2 heterocycles. The summed E-state index contributed by atoms with van der Waals surface area (Å²) in [6, 6.07) is 1.94. The van der Waals surface area contributed by atoms with Gasteiger partial charge < -0.3 is 30.3 Å². The molecule has 11 nitrogen and oxygen atoms in total. The number of fused-ring (bicyclic) bond motifs is 1. The Balaban J connectivity index is 1.29. The van der Waals surface area contributed by atoms with Gasteiger partial charge in [0.2, 0.25) is 17.6 Å². The first-order chi connectivity index (χ1) is 19.2. The van der Waals surface area contributed by atoms with E-state index in [1.54, 1.807) is 0 Å². The van der Waals surface area contributed by atoms with E-state index in [2.05, 4.69) is 16.0 Å². The number of amides is 4. The molecule has 12 heteroatoms. The number of hydrogen-bond acceptors (Lipinski definition) is 7. The van der Waals surface area contributed by atoms with Gasteiger partial charge in [-0.05, 0) is 62.5 Å². The second-order valence-corrected chi connectivity index (χ2v) is 11.1. The molecule has 40 heavy (non-hydrogen) atoms. The predicted octanol–water partition coefficient (Wildman–Crippen LogP) is 0.699. The van der Waals surface area contributed by atoms with Crippen molar-refractivity contribution in [2.75, 3.05) is 26.8 Å².